The van der Waals surface area contributed by atoms with Crippen molar-refractivity contribution >= 4 is 29.1 Å². The van der Waals surface area contributed by atoms with Crippen LogP contribution in [0.4, 0.5) is 5.69 Å². The van der Waals surface area contributed by atoms with E-state index in [1.165, 1.54) is 11.8 Å². The van der Waals surface area contributed by atoms with Gasteiger partial charge >= 0.3 is 0 Å². The summed E-state index contributed by atoms with van der Waals surface area (Å²) in [4.78, 5) is 4.58. The molecule has 2 aromatic heterocycles. The monoisotopic (exact) mass is 436 g/mol. The van der Waals surface area contributed by atoms with Crippen LogP contribution in [0.2, 0.25) is 5.02 Å². The molecule has 6 nitrogen and oxygen atoms in total. The molecule has 2 aromatic carbocycles. The van der Waals surface area contributed by atoms with Gasteiger partial charge in [-0.1, -0.05) is 60.6 Å². The van der Waals surface area contributed by atoms with Gasteiger partial charge < -0.3 is 14.5 Å². The number of furan rings is 1. The van der Waals surface area contributed by atoms with E-state index in [1.807, 2.05) is 67.6 Å². The van der Waals surface area contributed by atoms with Crippen molar-refractivity contribution in [2.24, 2.45) is 0 Å². The number of para-hydroxylation sites is 1. The number of fused-ring (bicyclic) bond motifs is 3. The summed E-state index contributed by atoms with van der Waals surface area (Å²) < 4.78 is 12.3. The lowest BCUT2D eigenvalue weighted by Gasteiger charge is -2.16. The molecule has 4 aromatic rings. The largest absolute Gasteiger partial charge is 0.455 e. The van der Waals surface area contributed by atoms with E-state index in [9.17, 15) is 0 Å². The molecule has 0 aliphatic carbocycles. The minimum Gasteiger partial charge on any atom is -0.455 e. The van der Waals surface area contributed by atoms with Crippen LogP contribution in [0.5, 0.6) is 5.88 Å². The molecule has 5 rings (SSSR count). The number of thioether (sulfide) groups is 1. The van der Waals surface area contributed by atoms with Gasteiger partial charge in [0, 0.05) is 21.8 Å². The number of benzene rings is 2. The molecule has 150 valence electrons. The van der Waals surface area contributed by atoms with Crippen LogP contribution in [-0.4, -0.2) is 20.9 Å². The van der Waals surface area contributed by atoms with Crippen LogP contribution in [0.15, 0.2) is 70.2 Å². The molecule has 0 saturated carbocycles. The summed E-state index contributed by atoms with van der Waals surface area (Å²) in [6, 6.07) is 19.2. The normalized spacial score (nSPS) is 14.8. The molecule has 8 heteroatoms. The van der Waals surface area contributed by atoms with Gasteiger partial charge in [-0.05, 0) is 36.1 Å². The Morgan fingerprint density at radius 3 is 2.83 bits per heavy atom. The summed E-state index contributed by atoms with van der Waals surface area (Å²) in [7, 11) is 0. The average Bonchev–Trinajstić information content (AvgIpc) is 3.18. The molecule has 30 heavy (non-hydrogen) atoms. The van der Waals surface area contributed by atoms with E-state index in [0.717, 1.165) is 22.6 Å². The van der Waals surface area contributed by atoms with Crippen molar-refractivity contribution in [3.8, 4) is 28.5 Å². The average molecular weight is 437 g/mol. The van der Waals surface area contributed by atoms with Crippen LogP contribution < -0.4 is 10.1 Å². The third-order valence-corrected chi connectivity index (χ3v) is 5.56. The van der Waals surface area contributed by atoms with Crippen molar-refractivity contribution in [1.82, 2.24) is 15.2 Å². The standard InChI is InChI=1S/C22H17ClN4O2S/c1-2-30-22-25-21-19(26-27-22)15-8-3-4-9-16(15)24-20(29-21)18-11-10-17(28-18)13-6-5-7-14(23)12-13/h3-12,20,24H,2H2,1H3/t20-/m1/s1. The van der Waals surface area contributed by atoms with Crippen LogP contribution >= 0.6 is 23.4 Å². The van der Waals surface area contributed by atoms with Crippen LogP contribution in [0, 0.1) is 0 Å². The highest BCUT2D eigenvalue weighted by molar-refractivity contribution is 7.99. The van der Waals surface area contributed by atoms with Crippen LogP contribution in [-0.2, 0) is 0 Å². The van der Waals surface area contributed by atoms with Crippen molar-refractivity contribution in [3.63, 3.8) is 0 Å². The fourth-order valence-corrected chi connectivity index (χ4v) is 3.95. The van der Waals surface area contributed by atoms with Gasteiger partial charge in [0.25, 0.3) is 0 Å². The Morgan fingerprint density at radius 1 is 1.07 bits per heavy atom. The summed E-state index contributed by atoms with van der Waals surface area (Å²) >= 11 is 7.64. The maximum Gasteiger partial charge on any atom is 0.247 e. The van der Waals surface area contributed by atoms with Gasteiger partial charge in [-0.2, -0.15) is 4.98 Å². The van der Waals surface area contributed by atoms with Gasteiger partial charge in [0.05, 0.1) is 0 Å². The minimum absolute atomic E-state index is 0.420. The van der Waals surface area contributed by atoms with E-state index in [2.05, 4.69) is 20.5 Å². The second-order valence-corrected chi connectivity index (χ2v) is 8.25. The maximum atomic E-state index is 6.23. The molecule has 0 spiro atoms. The smallest absolute Gasteiger partial charge is 0.247 e. The predicted octanol–water partition coefficient (Wildman–Crippen LogP) is 6.07. The number of aromatic nitrogens is 3. The zero-order valence-corrected chi connectivity index (χ0v) is 17.6. The first-order valence-corrected chi connectivity index (χ1v) is 10.8. The zero-order chi connectivity index (χ0) is 20.5. The fourth-order valence-electron chi connectivity index (χ4n) is 3.26. The Morgan fingerprint density at radius 2 is 1.97 bits per heavy atom. The SMILES string of the molecule is CCSc1nnc2c(n1)O[C@H](c1ccc(-c3cccc(Cl)c3)o1)Nc1ccccc1-2. The summed E-state index contributed by atoms with van der Waals surface area (Å²) in [5.41, 5.74) is 3.25. The molecular weight excluding hydrogens is 420 g/mol. The molecule has 1 aliphatic rings. The highest BCUT2D eigenvalue weighted by atomic mass is 35.5. The van der Waals surface area contributed by atoms with Crippen molar-refractivity contribution in [2.45, 2.75) is 18.3 Å². The summed E-state index contributed by atoms with van der Waals surface area (Å²) in [5.74, 6) is 2.60. The predicted molar refractivity (Wildman–Crippen MR) is 118 cm³/mol. The van der Waals surface area contributed by atoms with Crippen molar-refractivity contribution in [1.29, 1.82) is 0 Å². The number of hydrogen-bond donors (Lipinski definition) is 1. The highest BCUT2D eigenvalue weighted by Gasteiger charge is 2.28. The quantitative estimate of drug-likeness (QED) is 0.389. The maximum absolute atomic E-state index is 6.23. The number of nitrogens with zero attached hydrogens (tertiary/aromatic N) is 3. The first-order chi connectivity index (χ1) is 14.7. The van der Waals surface area contributed by atoms with Gasteiger partial charge in [-0.25, -0.2) is 0 Å². The molecule has 0 radical (unpaired) electrons. The second-order valence-electron chi connectivity index (χ2n) is 6.58. The lowest BCUT2D eigenvalue weighted by atomic mass is 10.1. The summed E-state index contributed by atoms with van der Waals surface area (Å²) in [6.07, 6.45) is -0.573. The van der Waals surface area contributed by atoms with Crippen molar-refractivity contribution in [3.05, 3.63) is 71.4 Å². The number of nitrogens with one attached hydrogen (secondary N) is 1. The molecule has 0 fully saturated rings. The van der Waals surface area contributed by atoms with Gasteiger partial charge in [0.15, 0.2) is 11.5 Å². The van der Waals surface area contributed by atoms with Crippen LogP contribution in [0.1, 0.15) is 18.9 Å². The third kappa shape index (κ3) is 3.62. The first kappa shape index (κ1) is 19.0. The fraction of sp³-hybridized carbons (Fsp3) is 0.136. The van der Waals surface area contributed by atoms with E-state index in [-0.39, 0.29) is 0 Å². The van der Waals surface area contributed by atoms with E-state index in [1.54, 1.807) is 0 Å². The molecule has 1 aliphatic heterocycles. The van der Waals surface area contributed by atoms with E-state index in [4.69, 9.17) is 20.8 Å². The van der Waals surface area contributed by atoms with Crippen LogP contribution in [0.3, 0.4) is 0 Å². The Bertz CT molecular complexity index is 1210. The van der Waals surface area contributed by atoms with Crippen molar-refractivity contribution < 1.29 is 9.15 Å². The number of halogens is 1. The lowest BCUT2D eigenvalue weighted by Crippen LogP contribution is -2.16. The Kier molecular flexibility index (Phi) is 5.06. The minimum atomic E-state index is -0.573. The van der Waals surface area contributed by atoms with Crippen LogP contribution in [0.25, 0.3) is 22.6 Å². The second kappa shape index (κ2) is 8.01. The Labute approximate surface area is 182 Å². The first-order valence-electron chi connectivity index (χ1n) is 9.47. The Hall–Kier alpha value is -3.03. The number of rotatable bonds is 4. The van der Waals surface area contributed by atoms with Gasteiger partial charge in [-0.3, -0.25) is 0 Å². The number of anilines is 1. The lowest BCUT2D eigenvalue weighted by molar-refractivity contribution is 0.196. The topological polar surface area (TPSA) is 73.1 Å². The number of hydrogen-bond acceptors (Lipinski definition) is 7. The van der Waals surface area contributed by atoms with Gasteiger partial charge in [0.2, 0.25) is 17.3 Å². The molecule has 3 heterocycles. The Balaban J connectivity index is 1.55. The van der Waals surface area contributed by atoms with Gasteiger partial charge in [-0.15, -0.1) is 10.2 Å². The molecular formula is C22H17ClN4O2S. The van der Waals surface area contributed by atoms with E-state index < -0.39 is 6.23 Å². The molecule has 1 N–H and O–H groups in total. The summed E-state index contributed by atoms with van der Waals surface area (Å²) in [6.45, 7) is 2.04. The number of ether oxygens (including phenoxy) is 1. The molecule has 0 bridgehead atoms. The summed E-state index contributed by atoms with van der Waals surface area (Å²) in [5, 5.41) is 13.2. The van der Waals surface area contributed by atoms with E-state index in [0.29, 0.717) is 33.3 Å². The molecule has 0 unspecified atom stereocenters. The molecule has 0 saturated heterocycles. The zero-order valence-electron chi connectivity index (χ0n) is 16.0. The highest BCUT2D eigenvalue weighted by Crippen LogP contribution is 2.40. The molecule has 0 amide bonds. The third-order valence-electron chi connectivity index (χ3n) is 4.60. The van der Waals surface area contributed by atoms with Crippen molar-refractivity contribution in [2.75, 3.05) is 11.1 Å². The molecule has 1 atom stereocenters. The van der Waals surface area contributed by atoms with E-state index >= 15 is 0 Å². The van der Waals surface area contributed by atoms with Gasteiger partial charge in [0.1, 0.15) is 5.76 Å².